The molecule has 6 heteroatoms. The zero-order valence-corrected chi connectivity index (χ0v) is 12.5. The molecule has 1 N–H and O–H groups in total. The first kappa shape index (κ1) is 13.2. The van der Waals surface area contributed by atoms with Crippen LogP contribution in [-0.2, 0) is 13.0 Å². The van der Waals surface area contributed by atoms with Gasteiger partial charge in [0.25, 0.3) is 0 Å². The topological polar surface area (TPSA) is 50.3 Å². The number of anilines is 2. The van der Waals surface area contributed by atoms with Crippen molar-refractivity contribution in [2.45, 2.75) is 19.9 Å². The van der Waals surface area contributed by atoms with E-state index in [1.165, 1.54) is 10.4 Å². The third-order valence-electron chi connectivity index (χ3n) is 3.44. The lowest BCUT2D eigenvalue weighted by Crippen LogP contribution is -2.30. The molecule has 3 heterocycles. The van der Waals surface area contributed by atoms with Crippen molar-refractivity contribution in [3.05, 3.63) is 28.2 Å². The van der Waals surface area contributed by atoms with Crippen LogP contribution in [-0.4, -0.2) is 30.2 Å². The predicted molar refractivity (Wildman–Crippen MR) is 81.8 cm³/mol. The number of nitrogens with one attached hydrogen (secondary N) is 1. The van der Waals surface area contributed by atoms with Crippen molar-refractivity contribution in [2.24, 2.45) is 0 Å². The van der Waals surface area contributed by atoms with Gasteiger partial charge in [-0.2, -0.15) is 0 Å². The van der Waals surface area contributed by atoms with Crippen LogP contribution in [0.2, 0.25) is 0 Å². The maximum atomic E-state index is 5.53. The molecule has 20 heavy (non-hydrogen) atoms. The third-order valence-corrected chi connectivity index (χ3v) is 4.46. The van der Waals surface area contributed by atoms with E-state index >= 15 is 0 Å². The zero-order valence-electron chi connectivity index (χ0n) is 11.7. The van der Waals surface area contributed by atoms with E-state index in [0.717, 1.165) is 43.4 Å². The molecule has 3 rings (SSSR count). The summed E-state index contributed by atoms with van der Waals surface area (Å²) < 4.78 is 5.53. The molecule has 0 amide bonds. The maximum absolute atomic E-state index is 5.53. The van der Waals surface area contributed by atoms with E-state index in [1.54, 1.807) is 13.4 Å². The van der Waals surface area contributed by atoms with Gasteiger partial charge in [-0.3, -0.25) is 0 Å². The number of hydrogen-bond donors (Lipinski definition) is 1. The highest BCUT2D eigenvalue weighted by Gasteiger charge is 2.23. The predicted octanol–water partition coefficient (Wildman–Crippen LogP) is 2.54. The lowest BCUT2D eigenvalue weighted by molar-refractivity contribution is 0.411. The maximum Gasteiger partial charge on any atom is 0.204 e. The van der Waals surface area contributed by atoms with Crippen LogP contribution in [0.25, 0.3) is 0 Å². The molecule has 0 spiro atoms. The molecule has 5 nitrogen and oxygen atoms in total. The SMILES string of the molecule is CCNc1ncnc(N2CCc3sccc3C2)c1OC. The molecule has 0 radical (unpaired) electrons. The second kappa shape index (κ2) is 5.66. The minimum Gasteiger partial charge on any atom is -0.490 e. The number of methoxy groups -OCH3 is 1. The van der Waals surface area contributed by atoms with Crippen molar-refractivity contribution in [3.63, 3.8) is 0 Å². The summed E-state index contributed by atoms with van der Waals surface area (Å²) >= 11 is 1.84. The van der Waals surface area contributed by atoms with Crippen LogP contribution in [0.5, 0.6) is 5.75 Å². The highest BCUT2D eigenvalue weighted by atomic mass is 32.1. The van der Waals surface area contributed by atoms with E-state index in [9.17, 15) is 0 Å². The first-order chi connectivity index (χ1) is 9.83. The Morgan fingerprint density at radius 3 is 3.15 bits per heavy atom. The second-order valence-electron chi connectivity index (χ2n) is 4.65. The second-order valence-corrected chi connectivity index (χ2v) is 5.65. The molecular weight excluding hydrogens is 272 g/mol. The number of aromatic nitrogens is 2. The van der Waals surface area contributed by atoms with Crippen molar-refractivity contribution >= 4 is 23.0 Å². The molecule has 0 fully saturated rings. The lowest BCUT2D eigenvalue weighted by Gasteiger charge is -2.29. The molecule has 106 valence electrons. The molecule has 0 atom stereocenters. The molecule has 0 aromatic carbocycles. The monoisotopic (exact) mass is 290 g/mol. The molecular formula is C14H18N4OS. The van der Waals surface area contributed by atoms with E-state index in [2.05, 4.69) is 31.6 Å². The molecule has 1 aliphatic heterocycles. The molecule has 2 aromatic heterocycles. The van der Waals surface area contributed by atoms with Crippen molar-refractivity contribution in [2.75, 3.05) is 30.4 Å². The van der Waals surface area contributed by atoms with Crippen LogP contribution < -0.4 is 15.0 Å². The van der Waals surface area contributed by atoms with E-state index in [0.29, 0.717) is 0 Å². The van der Waals surface area contributed by atoms with Crippen LogP contribution in [0.1, 0.15) is 17.4 Å². The highest BCUT2D eigenvalue weighted by molar-refractivity contribution is 7.10. The quantitative estimate of drug-likeness (QED) is 0.938. The number of thiophene rings is 1. The van der Waals surface area contributed by atoms with Gasteiger partial charge in [-0.05, 0) is 30.4 Å². The Bertz CT molecular complexity index is 599. The van der Waals surface area contributed by atoms with Gasteiger partial charge in [0, 0.05) is 24.5 Å². The number of hydrogen-bond acceptors (Lipinski definition) is 6. The molecule has 1 aliphatic rings. The summed E-state index contributed by atoms with van der Waals surface area (Å²) in [5.74, 6) is 2.36. The van der Waals surface area contributed by atoms with Gasteiger partial charge in [0.05, 0.1) is 7.11 Å². The first-order valence-corrected chi connectivity index (χ1v) is 7.64. The molecule has 0 saturated heterocycles. The number of ether oxygens (including phenoxy) is 1. The van der Waals surface area contributed by atoms with Gasteiger partial charge in [0.2, 0.25) is 5.75 Å². The Kier molecular flexibility index (Phi) is 3.73. The summed E-state index contributed by atoms with van der Waals surface area (Å²) in [7, 11) is 1.67. The normalized spacial score (nSPS) is 14.0. The largest absolute Gasteiger partial charge is 0.490 e. The summed E-state index contributed by atoms with van der Waals surface area (Å²) in [6, 6.07) is 2.20. The van der Waals surface area contributed by atoms with Gasteiger partial charge in [0.1, 0.15) is 6.33 Å². The van der Waals surface area contributed by atoms with Gasteiger partial charge in [-0.1, -0.05) is 0 Å². The summed E-state index contributed by atoms with van der Waals surface area (Å²) in [6.07, 6.45) is 2.66. The van der Waals surface area contributed by atoms with E-state index in [-0.39, 0.29) is 0 Å². The Morgan fingerprint density at radius 2 is 2.35 bits per heavy atom. The smallest absolute Gasteiger partial charge is 0.204 e. The Morgan fingerprint density at radius 1 is 1.45 bits per heavy atom. The average Bonchev–Trinajstić information content (AvgIpc) is 2.94. The van der Waals surface area contributed by atoms with Crippen molar-refractivity contribution in [3.8, 4) is 5.75 Å². The van der Waals surface area contributed by atoms with Crippen molar-refractivity contribution in [1.29, 1.82) is 0 Å². The molecule has 0 saturated carbocycles. The zero-order chi connectivity index (χ0) is 13.9. The third kappa shape index (κ3) is 2.31. The lowest BCUT2D eigenvalue weighted by atomic mass is 10.1. The van der Waals surface area contributed by atoms with Crippen molar-refractivity contribution in [1.82, 2.24) is 9.97 Å². The Hall–Kier alpha value is -1.82. The standard InChI is InChI=1S/C14H18N4OS/c1-3-15-13-12(19-2)14(17-9-16-13)18-6-4-11-10(8-18)5-7-20-11/h5,7,9H,3-4,6,8H2,1-2H3,(H,15,16,17). The minimum atomic E-state index is 0.730. The van der Waals surface area contributed by atoms with Gasteiger partial charge >= 0.3 is 0 Å². The minimum absolute atomic E-state index is 0.730. The van der Waals surface area contributed by atoms with E-state index in [4.69, 9.17) is 4.74 Å². The highest BCUT2D eigenvalue weighted by Crippen LogP contribution is 2.35. The summed E-state index contributed by atoms with van der Waals surface area (Å²) in [6.45, 7) is 4.70. The number of fused-ring (bicyclic) bond motifs is 1. The fraction of sp³-hybridized carbons (Fsp3) is 0.429. The Balaban J connectivity index is 1.92. The van der Waals surface area contributed by atoms with Gasteiger partial charge in [0.15, 0.2) is 11.6 Å². The van der Waals surface area contributed by atoms with Gasteiger partial charge < -0.3 is 15.0 Å². The van der Waals surface area contributed by atoms with E-state index in [1.807, 2.05) is 18.3 Å². The fourth-order valence-corrected chi connectivity index (χ4v) is 3.39. The van der Waals surface area contributed by atoms with Crippen LogP contribution in [0.15, 0.2) is 17.8 Å². The summed E-state index contributed by atoms with van der Waals surface area (Å²) in [4.78, 5) is 12.4. The summed E-state index contributed by atoms with van der Waals surface area (Å²) in [5, 5.41) is 5.38. The van der Waals surface area contributed by atoms with Crippen LogP contribution >= 0.6 is 11.3 Å². The Labute approximate surface area is 122 Å². The summed E-state index contributed by atoms with van der Waals surface area (Å²) in [5.41, 5.74) is 1.40. The molecule has 2 aromatic rings. The van der Waals surface area contributed by atoms with Gasteiger partial charge in [-0.15, -0.1) is 11.3 Å². The van der Waals surface area contributed by atoms with Crippen LogP contribution in [0, 0.1) is 0 Å². The van der Waals surface area contributed by atoms with Crippen LogP contribution in [0.4, 0.5) is 11.6 Å². The number of rotatable bonds is 4. The first-order valence-electron chi connectivity index (χ1n) is 6.76. The van der Waals surface area contributed by atoms with Crippen LogP contribution in [0.3, 0.4) is 0 Å². The molecule has 0 aliphatic carbocycles. The average molecular weight is 290 g/mol. The van der Waals surface area contributed by atoms with Crippen molar-refractivity contribution < 1.29 is 4.74 Å². The fourth-order valence-electron chi connectivity index (χ4n) is 2.50. The molecule has 0 bridgehead atoms. The molecule has 0 unspecified atom stereocenters. The van der Waals surface area contributed by atoms with Gasteiger partial charge in [-0.25, -0.2) is 9.97 Å². The number of nitrogens with zero attached hydrogens (tertiary/aromatic N) is 3. The van der Waals surface area contributed by atoms with E-state index < -0.39 is 0 Å².